The number of aromatic nitrogens is 2. The highest BCUT2D eigenvalue weighted by Gasteiger charge is 2.15. The maximum Gasteiger partial charge on any atom is 0.244 e. The summed E-state index contributed by atoms with van der Waals surface area (Å²) in [4.78, 5) is 17.5. The van der Waals surface area contributed by atoms with Crippen molar-refractivity contribution in [2.75, 3.05) is 5.32 Å². The van der Waals surface area contributed by atoms with Crippen molar-refractivity contribution in [3.63, 3.8) is 0 Å². The molecule has 4 aromatic rings. The second-order valence-electron chi connectivity index (χ2n) is 7.58. The van der Waals surface area contributed by atoms with Gasteiger partial charge in [-0.3, -0.25) is 4.79 Å². The van der Waals surface area contributed by atoms with Gasteiger partial charge < -0.3 is 14.6 Å². The Labute approximate surface area is 176 Å². The van der Waals surface area contributed by atoms with Gasteiger partial charge in [-0.2, -0.15) is 0 Å². The number of benzene rings is 3. The number of hydrogen-bond acceptors (Lipinski definition) is 3. The number of hydrogen-bond donors (Lipinski definition) is 1. The second-order valence-corrected chi connectivity index (χ2v) is 7.58. The summed E-state index contributed by atoms with van der Waals surface area (Å²) >= 11 is 0. The Morgan fingerprint density at radius 1 is 0.967 bits per heavy atom. The van der Waals surface area contributed by atoms with Gasteiger partial charge in [-0.1, -0.05) is 36.4 Å². The monoisotopic (exact) mass is 399 g/mol. The average Bonchev–Trinajstić information content (AvgIpc) is 3.04. The molecule has 0 radical (unpaired) electrons. The molecule has 152 valence electrons. The first-order chi connectivity index (χ1) is 14.5. The first-order valence-electron chi connectivity index (χ1n) is 10.0. The van der Waals surface area contributed by atoms with Crippen molar-refractivity contribution in [3.05, 3.63) is 89.2 Å². The van der Waals surface area contributed by atoms with Gasteiger partial charge in [0.05, 0.1) is 11.0 Å². The molecule has 1 aromatic heterocycles. The van der Waals surface area contributed by atoms with Gasteiger partial charge >= 0.3 is 0 Å². The lowest BCUT2D eigenvalue weighted by Crippen LogP contribution is -2.21. The number of imidazole rings is 1. The minimum atomic E-state index is -0.0969. The van der Waals surface area contributed by atoms with E-state index in [0.717, 1.165) is 45.0 Å². The fraction of sp³-hybridized carbons (Fsp3) is 0.200. The molecule has 5 nitrogen and oxygen atoms in total. The molecule has 0 fully saturated rings. The fourth-order valence-electron chi connectivity index (χ4n) is 3.66. The van der Waals surface area contributed by atoms with E-state index in [9.17, 15) is 4.79 Å². The van der Waals surface area contributed by atoms with E-state index in [0.29, 0.717) is 0 Å². The van der Waals surface area contributed by atoms with E-state index < -0.39 is 0 Å². The summed E-state index contributed by atoms with van der Waals surface area (Å²) in [6.45, 7) is 6.51. The van der Waals surface area contributed by atoms with E-state index in [2.05, 4.69) is 11.4 Å². The number of nitrogens with zero attached hydrogens (tertiary/aromatic N) is 2. The molecule has 5 heteroatoms. The minimum absolute atomic E-state index is 0.0969. The van der Waals surface area contributed by atoms with E-state index in [4.69, 9.17) is 9.72 Å². The maximum atomic E-state index is 12.8. The zero-order valence-corrected chi connectivity index (χ0v) is 17.5. The second kappa shape index (κ2) is 8.41. The smallest absolute Gasteiger partial charge is 0.244 e. The van der Waals surface area contributed by atoms with Gasteiger partial charge in [-0.15, -0.1) is 0 Å². The molecular formula is C25H25N3O2. The zero-order valence-electron chi connectivity index (χ0n) is 17.5. The van der Waals surface area contributed by atoms with Crippen LogP contribution < -0.4 is 10.1 Å². The van der Waals surface area contributed by atoms with Gasteiger partial charge in [0.1, 0.15) is 24.7 Å². The summed E-state index contributed by atoms with van der Waals surface area (Å²) in [5.74, 6) is 1.44. The van der Waals surface area contributed by atoms with Crippen LogP contribution in [-0.2, 0) is 17.9 Å². The Hall–Kier alpha value is -3.60. The number of fused-ring (bicyclic) bond motifs is 1. The van der Waals surface area contributed by atoms with Gasteiger partial charge in [0.15, 0.2) is 0 Å². The molecule has 0 saturated heterocycles. The number of rotatable bonds is 6. The summed E-state index contributed by atoms with van der Waals surface area (Å²) in [6.07, 6.45) is 0. The highest BCUT2D eigenvalue weighted by molar-refractivity contribution is 5.92. The largest absolute Gasteiger partial charge is 0.485 e. The van der Waals surface area contributed by atoms with Crippen molar-refractivity contribution >= 4 is 22.6 Å². The standard InChI is InChI=1S/C25H25N3O2/c1-17-12-18(2)14-20(13-17)26-25(29)15-28-22-10-6-5-9-21(22)27-24(28)16-30-23-11-7-4-8-19(23)3/h4-14H,15-16H2,1-3H3,(H,26,29). The lowest BCUT2D eigenvalue weighted by atomic mass is 10.1. The molecule has 1 N–H and O–H groups in total. The molecule has 0 unspecified atom stereocenters. The summed E-state index contributed by atoms with van der Waals surface area (Å²) in [6, 6.07) is 21.7. The number of ether oxygens (including phenoxy) is 1. The lowest BCUT2D eigenvalue weighted by molar-refractivity contribution is -0.116. The van der Waals surface area contributed by atoms with Gasteiger partial charge in [0.2, 0.25) is 5.91 Å². The van der Waals surface area contributed by atoms with Crippen LogP contribution in [0.1, 0.15) is 22.5 Å². The van der Waals surface area contributed by atoms with Crippen LogP contribution in [0.4, 0.5) is 5.69 Å². The van der Waals surface area contributed by atoms with Crippen LogP contribution in [0.5, 0.6) is 5.75 Å². The van der Waals surface area contributed by atoms with Crippen molar-refractivity contribution in [2.45, 2.75) is 33.9 Å². The van der Waals surface area contributed by atoms with Crippen molar-refractivity contribution in [1.82, 2.24) is 9.55 Å². The molecule has 0 saturated carbocycles. The molecule has 0 aliphatic carbocycles. The van der Waals surface area contributed by atoms with E-state index in [1.54, 1.807) is 0 Å². The molecule has 1 amide bonds. The van der Waals surface area contributed by atoms with Crippen molar-refractivity contribution < 1.29 is 9.53 Å². The minimum Gasteiger partial charge on any atom is -0.485 e. The fourth-order valence-corrected chi connectivity index (χ4v) is 3.66. The Morgan fingerprint density at radius 3 is 2.43 bits per heavy atom. The van der Waals surface area contributed by atoms with E-state index in [1.165, 1.54) is 0 Å². The third-order valence-corrected chi connectivity index (χ3v) is 4.99. The molecule has 0 aliphatic heterocycles. The number of carbonyl (C=O) groups is 1. The van der Waals surface area contributed by atoms with Crippen LogP contribution in [0.2, 0.25) is 0 Å². The molecule has 0 atom stereocenters. The quantitative estimate of drug-likeness (QED) is 0.486. The number of anilines is 1. The van der Waals surface area contributed by atoms with Gasteiger partial charge in [0, 0.05) is 5.69 Å². The Balaban J connectivity index is 1.58. The molecule has 0 aliphatic rings. The van der Waals surface area contributed by atoms with Gasteiger partial charge in [0.25, 0.3) is 0 Å². The van der Waals surface area contributed by atoms with Crippen molar-refractivity contribution in [3.8, 4) is 5.75 Å². The summed E-state index contributed by atoms with van der Waals surface area (Å²) in [5, 5.41) is 3.01. The Morgan fingerprint density at radius 2 is 1.67 bits per heavy atom. The van der Waals surface area contributed by atoms with Crippen LogP contribution in [-0.4, -0.2) is 15.5 Å². The van der Waals surface area contributed by atoms with Crippen molar-refractivity contribution in [1.29, 1.82) is 0 Å². The molecule has 0 spiro atoms. The molecule has 1 heterocycles. The predicted octanol–water partition coefficient (Wildman–Crippen LogP) is 5.18. The molecule has 0 bridgehead atoms. The first-order valence-corrected chi connectivity index (χ1v) is 10.0. The van der Waals surface area contributed by atoms with Crippen LogP contribution in [0, 0.1) is 20.8 Å². The lowest BCUT2D eigenvalue weighted by Gasteiger charge is -2.12. The SMILES string of the molecule is Cc1cc(C)cc(NC(=O)Cn2c(COc3ccccc3C)nc3ccccc32)c1. The number of amides is 1. The third-order valence-electron chi connectivity index (χ3n) is 4.99. The Kier molecular flexibility index (Phi) is 5.53. The topological polar surface area (TPSA) is 56.2 Å². The molecular weight excluding hydrogens is 374 g/mol. The summed E-state index contributed by atoms with van der Waals surface area (Å²) in [5.41, 5.74) is 5.86. The Bertz CT molecular complexity index is 1190. The van der Waals surface area contributed by atoms with E-state index in [-0.39, 0.29) is 19.1 Å². The number of carbonyl (C=O) groups excluding carboxylic acids is 1. The zero-order chi connectivity index (χ0) is 21.1. The van der Waals surface area contributed by atoms with Gasteiger partial charge in [-0.25, -0.2) is 4.98 Å². The van der Waals surface area contributed by atoms with Crippen LogP contribution in [0.25, 0.3) is 11.0 Å². The van der Waals surface area contributed by atoms with E-state index >= 15 is 0 Å². The molecule has 4 rings (SSSR count). The average molecular weight is 399 g/mol. The molecule has 30 heavy (non-hydrogen) atoms. The number of para-hydroxylation sites is 3. The van der Waals surface area contributed by atoms with Crippen LogP contribution in [0.15, 0.2) is 66.7 Å². The highest BCUT2D eigenvalue weighted by Crippen LogP contribution is 2.21. The third kappa shape index (κ3) is 4.35. The van der Waals surface area contributed by atoms with Crippen LogP contribution in [0.3, 0.4) is 0 Å². The first kappa shape index (κ1) is 19.7. The normalized spacial score (nSPS) is 10.9. The summed E-state index contributed by atoms with van der Waals surface area (Å²) < 4.78 is 7.93. The van der Waals surface area contributed by atoms with Crippen molar-refractivity contribution in [2.24, 2.45) is 0 Å². The molecule has 3 aromatic carbocycles. The van der Waals surface area contributed by atoms with E-state index in [1.807, 2.05) is 86.0 Å². The predicted molar refractivity (Wildman–Crippen MR) is 120 cm³/mol. The van der Waals surface area contributed by atoms with Gasteiger partial charge in [-0.05, 0) is 67.8 Å². The number of nitrogens with one attached hydrogen (secondary N) is 1. The summed E-state index contributed by atoms with van der Waals surface area (Å²) in [7, 11) is 0. The van der Waals surface area contributed by atoms with Crippen LogP contribution >= 0.6 is 0 Å². The maximum absolute atomic E-state index is 12.8. The number of aryl methyl sites for hydroxylation is 3. The highest BCUT2D eigenvalue weighted by atomic mass is 16.5.